The van der Waals surface area contributed by atoms with E-state index in [1.165, 1.54) is 4.88 Å². The van der Waals surface area contributed by atoms with Gasteiger partial charge in [-0.3, -0.25) is 9.59 Å². The normalized spacial score (nSPS) is 10.8. The minimum absolute atomic E-state index is 0.0259. The molecule has 0 spiro atoms. The van der Waals surface area contributed by atoms with Gasteiger partial charge in [-0.05, 0) is 56.5 Å². The zero-order valence-corrected chi connectivity index (χ0v) is 22.8. The molecule has 0 bridgehead atoms. The van der Waals surface area contributed by atoms with Gasteiger partial charge in [0, 0.05) is 48.4 Å². The molecule has 0 fully saturated rings. The Labute approximate surface area is 217 Å². The molecule has 0 unspecified atom stereocenters. The van der Waals surface area contributed by atoms with E-state index in [2.05, 4.69) is 19.1 Å². The van der Waals surface area contributed by atoms with Crippen molar-refractivity contribution in [2.24, 2.45) is 0 Å². The van der Waals surface area contributed by atoms with Crippen LogP contribution in [0.25, 0.3) is 0 Å². The maximum Gasteiger partial charge on any atom is 0.242 e. The van der Waals surface area contributed by atoms with Crippen LogP contribution in [-0.4, -0.2) is 74.6 Å². The number of alkyl halides is 1. The Morgan fingerprint density at radius 1 is 1.00 bits per heavy atom. The van der Waals surface area contributed by atoms with Crippen LogP contribution in [0, 0.1) is 6.92 Å². The standard InChI is InChI=1S/C26H37ClN2O5S/c1-5-34-16-6-14-28(25(30)11-13-27)19-26(31)29(18-22-9-7-20(2)35-22)15-12-21-8-10-23(32-3)24(17-21)33-4/h7-10,17H,5-6,11-16,18-19H2,1-4H3. The third-order valence-corrected chi connectivity index (χ3v) is 6.70. The molecule has 0 saturated carbocycles. The van der Waals surface area contributed by atoms with Crippen LogP contribution in [0.4, 0.5) is 0 Å². The summed E-state index contributed by atoms with van der Waals surface area (Å²) in [5.41, 5.74) is 1.04. The number of rotatable bonds is 16. The molecule has 9 heteroatoms. The highest BCUT2D eigenvalue weighted by Crippen LogP contribution is 2.28. The minimum Gasteiger partial charge on any atom is -0.493 e. The predicted octanol–water partition coefficient (Wildman–Crippen LogP) is 4.53. The summed E-state index contributed by atoms with van der Waals surface area (Å²) >= 11 is 7.49. The summed E-state index contributed by atoms with van der Waals surface area (Å²) in [4.78, 5) is 31.8. The smallest absolute Gasteiger partial charge is 0.242 e. The lowest BCUT2D eigenvalue weighted by Gasteiger charge is -2.28. The highest BCUT2D eigenvalue weighted by atomic mass is 35.5. The number of methoxy groups -OCH3 is 2. The Morgan fingerprint density at radius 2 is 1.77 bits per heavy atom. The molecule has 35 heavy (non-hydrogen) atoms. The average molecular weight is 525 g/mol. The summed E-state index contributed by atoms with van der Waals surface area (Å²) in [5.74, 6) is 1.35. The van der Waals surface area contributed by atoms with E-state index in [4.69, 9.17) is 25.8 Å². The summed E-state index contributed by atoms with van der Waals surface area (Å²) in [5, 5.41) is 0. The van der Waals surface area contributed by atoms with E-state index >= 15 is 0 Å². The van der Waals surface area contributed by atoms with Crippen LogP contribution in [0.5, 0.6) is 11.5 Å². The van der Waals surface area contributed by atoms with Crippen LogP contribution in [0.1, 0.15) is 35.1 Å². The van der Waals surface area contributed by atoms with Crippen molar-refractivity contribution in [2.45, 2.75) is 39.7 Å². The van der Waals surface area contributed by atoms with Gasteiger partial charge in [0.25, 0.3) is 0 Å². The fourth-order valence-corrected chi connectivity index (χ4v) is 4.71. The van der Waals surface area contributed by atoms with Crippen molar-refractivity contribution in [3.05, 3.63) is 45.6 Å². The molecule has 1 aromatic heterocycles. The Kier molecular flexibility index (Phi) is 12.9. The fraction of sp³-hybridized carbons (Fsp3) is 0.538. The van der Waals surface area contributed by atoms with Crippen LogP contribution >= 0.6 is 22.9 Å². The van der Waals surface area contributed by atoms with E-state index in [0.717, 1.165) is 10.4 Å². The summed E-state index contributed by atoms with van der Waals surface area (Å²) < 4.78 is 16.1. The van der Waals surface area contributed by atoms with E-state index in [0.29, 0.717) is 57.2 Å². The molecule has 0 saturated heterocycles. The van der Waals surface area contributed by atoms with Gasteiger partial charge in [0.2, 0.25) is 11.8 Å². The molecule has 0 N–H and O–H groups in total. The lowest BCUT2D eigenvalue weighted by Crippen LogP contribution is -2.44. The number of halogens is 1. The van der Waals surface area contributed by atoms with Crippen molar-refractivity contribution in [1.82, 2.24) is 9.80 Å². The zero-order chi connectivity index (χ0) is 25.6. The number of carbonyl (C=O) groups excluding carboxylic acids is 2. The Morgan fingerprint density at radius 3 is 2.40 bits per heavy atom. The first-order chi connectivity index (χ1) is 16.9. The van der Waals surface area contributed by atoms with Gasteiger partial charge < -0.3 is 24.0 Å². The number of nitrogens with zero attached hydrogens (tertiary/aromatic N) is 2. The lowest BCUT2D eigenvalue weighted by atomic mass is 10.1. The molecule has 0 atom stereocenters. The molecule has 1 aromatic carbocycles. The van der Waals surface area contributed by atoms with Gasteiger partial charge in [0.05, 0.1) is 27.3 Å². The van der Waals surface area contributed by atoms with E-state index in [-0.39, 0.29) is 30.7 Å². The quantitative estimate of drug-likeness (QED) is 0.238. The highest BCUT2D eigenvalue weighted by molar-refractivity contribution is 7.11. The molecular weight excluding hydrogens is 488 g/mol. The molecule has 1 heterocycles. The van der Waals surface area contributed by atoms with Crippen molar-refractivity contribution in [1.29, 1.82) is 0 Å². The van der Waals surface area contributed by atoms with Crippen molar-refractivity contribution in [3.8, 4) is 11.5 Å². The Bertz CT molecular complexity index is 936. The largest absolute Gasteiger partial charge is 0.493 e. The summed E-state index contributed by atoms with van der Waals surface area (Å²) in [7, 11) is 3.21. The number of ether oxygens (including phenoxy) is 3. The van der Waals surface area contributed by atoms with Crippen LogP contribution < -0.4 is 9.47 Å². The third-order valence-electron chi connectivity index (χ3n) is 5.52. The maximum atomic E-state index is 13.4. The van der Waals surface area contributed by atoms with E-state index in [9.17, 15) is 9.59 Å². The van der Waals surface area contributed by atoms with Crippen molar-refractivity contribution < 1.29 is 23.8 Å². The SMILES string of the molecule is CCOCCCN(CC(=O)N(CCc1ccc(OC)c(OC)c1)Cc1ccc(C)s1)C(=O)CCCl. The molecule has 2 rings (SSSR count). The first-order valence-corrected chi connectivity index (χ1v) is 13.2. The van der Waals surface area contributed by atoms with Gasteiger partial charge >= 0.3 is 0 Å². The number of hydrogen-bond acceptors (Lipinski definition) is 6. The van der Waals surface area contributed by atoms with Crippen LogP contribution in [0.3, 0.4) is 0 Å². The van der Waals surface area contributed by atoms with E-state index in [1.54, 1.807) is 30.5 Å². The first kappa shape index (κ1) is 28.9. The summed E-state index contributed by atoms with van der Waals surface area (Å²) in [6.45, 7) is 6.66. The number of hydrogen-bond donors (Lipinski definition) is 0. The van der Waals surface area contributed by atoms with Gasteiger partial charge in [-0.15, -0.1) is 22.9 Å². The Hall–Kier alpha value is -2.29. The molecule has 0 aliphatic heterocycles. The van der Waals surface area contributed by atoms with Gasteiger partial charge in [0.15, 0.2) is 11.5 Å². The molecule has 2 aromatic rings. The number of carbonyl (C=O) groups is 2. The second-order valence-corrected chi connectivity index (χ2v) is 9.82. The minimum atomic E-state index is -0.114. The monoisotopic (exact) mass is 524 g/mol. The maximum absolute atomic E-state index is 13.4. The molecule has 0 aliphatic carbocycles. The molecule has 7 nitrogen and oxygen atoms in total. The average Bonchev–Trinajstić information content (AvgIpc) is 3.27. The third kappa shape index (κ3) is 9.70. The van der Waals surface area contributed by atoms with Crippen LogP contribution in [-0.2, 0) is 27.3 Å². The molecular formula is C26H37ClN2O5S. The van der Waals surface area contributed by atoms with Crippen LogP contribution in [0.2, 0.25) is 0 Å². The predicted molar refractivity (Wildman–Crippen MR) is 141 cm³/mol. The van der Waals surface area contributed by atoms with Crippen molar-refractivity contribution in [3.63, 3.8) is 0 Å². The summed E-state index contributed by atoms with van der Waals surface area (Å²) in [6.07, 6.45) is 1.53. The first-order valence-electron chi connectivity index (χ1n) is 11.9. The topological polar surface area (TPSA) is 68.3 Å². The zero-order valence-electron chi connectivity index (χ0n) is 21.2. The molecule has 194 valence electrons. The highest BCUT2D eigenvalue weighted by Gasteiger charge is 2.22. The van der Waals surface area contributed by atoms with Gasteiger partial charge in [-0.2, -0.15) is 0 Å². The van der Waals surface area contributed by atoms with Crippen LogP contribution in [0.15, 0.2) is 30.3 Å². The second kappa shape index (κ2) is 15.7. The van der Waals surface area contributed by atoms with Crippen molar-refractivity contribution >= 4 is 34.8 Å². The summed E-state index contributed by atoms with van der Waals surface area (Å²) in [6, 6.07) is 9.88. The number of benzene rings is 1. The second-order valence-electron chi connectivity index (χ2n) is 8.07. The van der Waals surface area contributed by atoms with E-state index < -0.39 is 0 Å². The number of thiophene rings is 1. The van der Waals surface area contributed by atoms with Crippen molar-refractivity contribution in [2.75, 3.05) is 52.9 Å². The number of amides is 2. The van der Waals surface area contributed by atoms with E-state index in [1.807, 2.05) is 30.0 Å². The lowest BCUT2D eigenvalue weighted by molar-refractivity contribution is -0.140. The Balaban J connectivity index is 2.14. The molecule has 0 aliphatic rings. The molecule has 0 radical (unpaired) electrons. The van der Waals surface area contributed by atoms with Gasteiger partial charge in [-0.25, -0.2) is 0 Å². The van der Waals surface area contributed by atoms with Gasteiger partial charge in [-0.1, -0.05) is 6.07 Å². The number of aryl methyl sites for hydroxylation is 1. The van der Waals surface area contributed by atoms with Gasteiger partial charge in [0.1, 0.15) is 0 Å². The molecule has 2 amide bonds. The fourth-order valence-electron chi connectivity index (χ4n) is 3.65.